The molecule has 2 rings (SSSR count). The van der Waals surface area contributed by atoms with Crippen molar-refractivity contribution in [2.24, 2.45) is 5.73 Å². The SMILES string of the molecule is NC[C@@H]1CCCN1C1CCS(=O)(=O)C1. The van der Waals surface area contributed by atoms with Gasteiger partial charge in [-0.2, -0.15) is 0 Å². The van der Waals surface area contributed by atoms with Gasteiger partial charge in [0.15, 0.2) is 9.84 Å². The second kappa shape index (κ2) is 3.79. The van der Waals surface area contributed by atoms with E-state index < -0.39 is 9.84 Å². The summed E-state index contributed by atoms with van der Waals surface area (Å²) in [6, 6.07) is 0.671. The van der Waals surface area contributed by atoms with Crippen LogP contribution in [0, 0.1) is 0 Å². The highest BCUT2D eigenvalue weighted by molar-refractivity contribution is 7.91. The molecule has 82 valence electrons. The van der Waals surface area contributed by atoms with Crippen LogP contribution in [0.4, 0.5) is 0 Å². The summed E-state index contributed by atoms with van der Waals surface area (Å²) < 4.78 is 22.7. The minimum Gasteiger partial charge on any atom is -0.329 e. The first-order valence-corrected chi connectivity index (χ1v) is 7.11. The zero-order valence-corrected chi connectivity index (χ0v) is 9.17. The molecule has 2 heterocycles. The number of hydrogen-bond donors (Lipinski definition) is 1. The molecule has 0 spiro atoms. The van der Waals surface area contributed by atoms with Gasteiger partial charge in [0.2, 0.25) is 0 Å². The minimum absolute atomic E-state index is 0.246. The van der Waals surface area contributed by atoms with Crippen LogP contribution in [0.15, 0.2) is 0 Å². The summed E-state index contributed by atoms with van der Waals surface area (Å²) >= 11 is 0. The Morgan fingerprint density at radius 2 is 2.14 bits per heavy atom. The Hall–Kier alpha value is -0.130. The molecule has 0 aromatic carbocycles. The van der Waals surface area contributed by atoms with Crippen LogP contribution in [0.5, 0.6) is 0 Å². The molecule has 2 fully saturated rings. The number of nitrogens with zero attached hydrogens (tertiary/aromatic N) is 1. The fraction of sp³-hybridized carbons (Fsp3) is 1.00. The molecule has 14 heavy (non-hydrogen) atoms. The van der Waals surface area contributed by atoms with E-state index in [1.54, 1.807) is 0 Å². The summed E-state index contributed by atoms with van der Waals surface area (Å²) in [7, 11) is -2.75. The van der Waals surface area contributed by atoms with Gasteiger partial charge in [0.25, 0.3) is 0 Å². The molecule has 0 bridgehead atoms. The zero-order chi connectivity index (χ0) is 10.2. The van der Waals surface area contributed by atoms with Crippen LogP contribution in [-0.4, -0.2) is 50.0 Å². The predicted molar refractivity (Wildman–Crippen MR) is 55.8 cm³/mol. The fourth-order valence-corrected chi connectivity index (χ4v) is 4.37. The third kappa shape index (κ3) is 1.94. The maximum atomic E-state index is 11.3. The van der Waals surface area contributed by atoms with Crippen LogP contribution in [-0.2, 0) is 9.84 Å². The van der Waals surface area contributed by atoms with Gasteiger partial charge in [-0.1, -0.05) is 0 Å². The van der Waals surface area contributed by atoms with Crippen molar-refractivity contribution in [2.75, 3.05) is 24.6 Å². The van der Waals surface area contributed by atoms with Crippen molar-refractivity contribution >= 4 is 9.84 Å². The summed E-state index contributed by atoms with van der Waals surface area (Å²) in [6.07, 6.45) is 3.10. The summed E-state index contributed by atoms with van der Waals surface area (Å²) in [5, 5.41) is 0. The molecule has 5 heteroatoms. The quantitative estimate of drug-likeness (QED) is 0.685. The smallest absolute Gasteiger partial charge is 0.151 e. The molecule has 0 saturated carbocycles. The van der Waals surface area contributed by atoms with Crippen LogP contribution in [0.1, 0.15) is 19.3 Å². The second-order valence-electron chi connectivity index (χ2n) is 4.33. The fourth-order valence-electron chi connectivity index (χ4n) is 2.63. The molecule has 2 saturated heterocycles. The lowest BCUT2D eigenvalue weighted by molar-refractivity contribution is 0.199. The number of rotatable bonds is 2. The van der Waals surface area contributed by atoms with Crippen molar-refractivity contribution in [3.63, 3.8) is 0 Å². The molecular formula is C9H18N2O2S. The monoisotopic (exact) mass is 218 g/mol. The first-order valence-electron chi connectivity index (χ1n) is 5.28. The molecule has 0 amide bonds. The first-order chi connectivity index (χ1) is 6.62. The number of likely N-dealkylation sites (tertiary alicyclic amines) is 1. The minimum atomic E-state index is -2.75. The van der Waals surface area contributed by atoms with E-state index in [0.29, 0.717) is 24.1 Å². The largest absolute Gasteiger partial charge is 0.329 e. The summed E-state index contributed by atoms with van der Waals surface area (Å²) in [5.41, 5.74) is 5.67. The van der Waals surface area contributed by atoms with Gasteiger partial charge < -0.3 is 5.73 Å². The molecule has 1 unspecified atom stereocenters. The van der Waals surface area contributed by atoms with Crippen LogP contribution in [0.25, 0.3) is 0 Å². The van der Waals surface area contributed by atoms with Crippen molar-refractivity contribution in [1.29, 1.82) is 0 Å². The van der Waals surface area contributed by atoms with Crippen molar-refractivity contribution in [3.8, 4) is 0 Å². The van der Waals surface area contributed by atoms with Gasteiger partial charge in [-0.05, 0) is 25.8 Å². The van der Waals surface area contributed by atoms with Crippen LogP contribution in [0.3, 0.4) is 0 Å². The van der Waals surface area contributed by atoms with E-state index in [9.17, 15) is 8.42 Å². The standard InChI is InChI=1S/C9H18N2O2S/c10-6-8-2-1-4-11(8)9-3-5-14(12,13)7-9/h8-9H,1-7,10H2/t8-,9?/m0/s1. The van der Waals surface area contributed by atoms with E-state index in [0.717, 1.165) is 19.4 Å². The predicted octanol–water partition coefficient (Wildman–Crippen LogP) is -0.403. The lowest BCUT2D eigenvalue weighted by Crippen LogP contribution is -2.43. The first kappa shape index (κ1) is 10.4. The maximum absolute atomic E-state index is 11.3. The topological polar surface area (TPSA) is 63.4 Å². The van der Waals surface area contributed by atoms with E-state index in [4.69, 9.17) is 5.73 Å². The Kier molecular flexibility index (Phi) is 2.81. The Labute approximate surface area is 85.4 Å². The Morgan fingerprint density at radius 3 is 2.71 bits per heavy atom. The molecule has 2 atom stereocenters. The van der Waals surface area contributed by atoms with E-state index >= 15 is 0 Å². The highest BCUT2D eigenvalue weighted by Gasteiger charge is 2.36. The third-order valence-corrected chi connectivity index (χ3v) is 5.12. The summed E-state index contributed by atoms with van der Waals surface area (Å²) in [5.74, 6) is 0.717. The third-order valence-electron chi connectivity index (χ3n) is 3.37. The van der Waals surface area contributed by atoms with E-state index in [2.05, 4.69) is 4.90 Å². The van der Waals surface area contributed by atoms with Crippen LogP contribution >= 0.6 is 0 Å². The highest BCUT2D eigenvalue weighted by Crippen LogP contribution is 2.25. The van der Waals surface area contributed by atoms with Gasteiger partial charge in [0.1, 0.15) is 0 Å². The van der Waals surface area contributed by atoms with Gasteiger partial charge in [-0.15, -0.1) is 0 Å². The summed E-state index contributed by atoms with van der Waals surface area (Å²) in [4.78, 5) is 2.31. The average molecular weight is 218 g/mol. The summed E-state index contributed by atoms with van der Waals surface area (Å²) in [6.45, 7) is 1.69. The zero-order valence-electron chi connectivity index (χ0n) is 8.35. The molecule has 2 aliphatic heterocycles. The molecule has 0 aromatic heterocycles. The number of nitrogens with two attached hydrogens (primary N) is 1. The molecule has 0 radical (unpaired) electrons. The second-order valence-corrected chi connectivity index (χ2v) is 6.56. The number of hydrogen-bond acceptors (Lipinski definition) is 4. The van der Waals surface area contributed by atoms with Gasteiger partial charge >= 0.3 is 0 Å². The Bertz CT molecular complexity index is 302. The van der Waals surface area contributed by atoms with Crippen LogP contribution in [0.2, 0.25) is 0 Å². The van der Waals surface area contributed by atoms with Gasteiger partial charge in [-0.3, -0.25) is 4.90 Å². The van der Waals surface area contributed by atoms with Crippen molar-refractivity contribution in [2.45, 2.75) is 31.3 Å². The van der Waals surface area contributed by atoms with Crippen molar-refractivity contribution in [1.82, 2.24) is 4.90 Å². The normalized spacial score (nSPS) is 37.8. The molecule has 2 N–H and O–H groups in total. The average Bonchev–Trinajstić information content (AvgIpc) is 2.70. The Morgan fingerprint density at radius 1 is 1.36 bits per heavy atom. The molecule has 4 nitrogen and oxygen atoms in total. The highest BCUT2D eigenvalue weighted by atomic mass is 32.2. The molecule has 0 aromatic rings. The lowest BCUT2D eigenvalue weighted by atomic mass is 10.1. The van der Waals surface area contributed by atoms with Gasteiger partial charge in [0, 0.05) is 18.6 Å². The van der Waals surface area contributed by atoms with E-state index in [-0.39, 0.29) is 6.04 Å². The molecule has 0 aliphatic carbocycles. The van der Waals surface area contributed by atoms with E-state index in [1.807, 2.05) is 0 Å². The van der Waals surface area contributed by atoms with Crippen LogP contribution < -0.4 is 5.73 Å². The Balaban J connectivity index is 2.02. The molecule has 2 aliphatic rings. The number of sulfone groups is 1. The maximum Gasteiger partial charge on any atom is 0.151 e. The lowest BCUT2D eigenvalue weighted by Gasteiger charge is -2.28. The molecular weight excluding hydrogens is 200 g/mol. The van der Waals surface area contributed by atoms with Gasteiger partial charge in [0.05, 0.1) is 11.5 Å². The van der Waals surface area contributed by atoms with Gasteiger partial charge in [-0.25, -0.2) is 8.42 Å². The van der Waals surface area contributed by atoms with Crippen molar-refractivity contribution in [3.05, 3.63) is 0 Å². The van der Waals surface area contributed by atoms with Crippen molar-refractivity contribution < 1.29 is 8.42 Å². The van der Waals surface area contributed by atoms with E-state index in [1.165, 1.54) is 6.42 Å².